The van der Waals surface area contributed by atoms with Crippen LogP contribution in [0.3, 0.4) is 0 Å². The highest BCUT2D eigenvalue weighted by Crippen LogP contribution is 2.34. The molecule has 0 spiro atoms. The molecule has 4 rings (SSSR count). The summed E-state index contributed by atoms with van der Waals surface area (Å²) in [4.78, 5) is 16.5. The Balaban J connectivity index is 1.39. The molecule has 7 heteroatoms. The summed E-state index contributed by atoms with van der Waals surface area (Å²) >= 11 is 0. The van der Waals surface area contributed by atoms with E-state index in [2.05, 4.69) is 0 Å². The van der Waals surface area contributed by atoms with Crippen molar-refractivity contribution in [2.75, 3.05) is 19.6 Å². The number of aryl methyl sites for hydroxylation is 1. The molecule has 160 valence electrons. The lowest BCUT2D eigenvalue weighted by molar-refractivity contribution is -0.133. The van der Waals surface area contributed by atoms with Crippen LogP contribution in [-0.4, -0.2) is 52.7 Å². The van der Waals surface area contributed by atoms with E-state index < -0.39 is 23.7 Å². The Morgan fingerprint density at radius 2 is 1.87 bits per heavy atom. The van der Waals surface area contributed by atoms with Crippen LogP contribution >= 0.6 is 0 Å². The monoisotopic (exact) mass is 418 g/mol. The predicted molar refractivity (Wildman–Crippen MR) is 107 cm³/mol. The molecule has 30 heavy (non-hydrogen) atoms. The number of piperidine rings is 1. The van der Waals surface area contributed by atoms with Crippen molar-refractivity contribution in [2.45, 2.75) is 44.4 Å². The minimum Gasteiger partial charge on any atom is -0.505 e. The van der Waals surface area contributed by atoms with Crippen molar-refractivity contribution in [3.05, 3.63) is 64.7 Å². The molecule has 2 aromatic rings. The average Bonchev–Trinajstić information content (AvgIpc) is 3.07. The Morgan fingerprint density at radius 3 is 2.57 bits per heavy atom. The van der Waals surface area contributed by atoms with E-state index in [4.69, 9.17) is 0 Å². The summed E-state index contributed by atoms with van der Waals surface area (Å²) in [5, 5.41) is 9.34. The van der Waals surface area contributed by atoms with E-state index in [9.17, 15) is 23.1 Å². The van der Waals surface area contributed by atoms with Crippen molar-refractivity contribution in [1.29, 1.82) is 0 Å². The van der Waals surface area contributed by atoms with Gasteiger partial charge in [-0.15, -0.1) is 0 Å². The number of halogens is 3. The average molecular weight is 418 g/mol. The van der Waals surface area contributed by atoms with Gasteiger partial charge < -0.3 is 10.0 Å². The number of carbonyl (C=O) groups excluding carboxylic acids is 1. The largest absolute Gasteiger partial charge is 0.505 e. The molecule has 2 aliphatic rings. The SMILES string of the molecule is Cc1ccc(CN2CCC(N3CC[C@H](c4ccc(O)c(F)c4)[C@@H](F)C3)C2=O)cc1F. The Morgan fingerprint density at radius 1 is 1.07 bits per heavy atom. The Bertz CT molecular complexity index is 952. The summed E-state index contributed by atoms with van der Waals surface area (Å²) in [6, 6.07) is 8.58. The molecule has 1 N–H and O–H groups in total. The van der Waals surface area contributed by atoms with Crippen LogP contribution in [0, 0.1) is 18.6 Å². The molecule has 0 radical (unpaired) electrons. The highest BCUT2D eigenvalue weighted by atomic mass is 19.1. The third-order valence-corrected chi connectivity index (χ3v) is 6.29. The molecule has 2 aromatic carbocycles. The van der Waals surface area contributed by atoms with Gasteiger partial charge in [0.05, 0.1) is 6.04 Å². The molecule has 1 amide bonds. The fraction of sp³-hybridized carbons (Fsp3) is 0.435. The number of carbonyl (C=O) groups is 1. The van der Waals surface area contributed by atoms with Crippen molar-refractivity contribution in [3.8, 4) is 5.75 Å². The number of aromatic hydroxyl groups is 1. The second-order valence-electron chi connectivity index (χ2n) is 8.26. The van der Waals surface area contributed by atoms with Crippen LogP contribution in [-0.2, 0) is 11.3 Å². The molecular formula is C23H25F3N2O2. The summed E-state index contributed by atoms with van der Waals surface area (Å²) in [6.07, 6.45) is -0.146. The van der Waals surface area contributed by atoms with Gasteiger partial charge in [-0.25, -0.2) is 13.2 Å². The lowest BCUT2D eigenvalue weighted by Crippen LogP contribution is -2.49. The maximum atomic E-state index is 14.9. The van der Waals surface area contributed by atoms with E-state index >= 15 is 0 Å². The minimum absolute atomic E-state index is 0.0580. The highest BCUT2D eigenvalue weighted by Gasteiger charge is 2.40. The lowest BCUT2D eigenvalue weighted by Gasteiger charge is -2.37. The maximum absolute atomic E-state index is 14.9. The summed E-state index contributed by atoms with van der Waals surface area (Å²) < 4.78 is 42.4. The first-order valence-corrected chi connectivity index (χ1v) is 10.2. The Labute approximate surface area is 173 Å². The number of likely N-dealkylation sites (tertiary alicyclic amines) is 2. The van der Waals surface area contributed by atoms with Crippen molar-refractivity contribution in [3.63, 3.8) is 0 Å². The summed E-state index contributed by atoms with van der Waals surface area (Å²) in [5.41, 5.74) is 1.83. The first kappa shape index (κ1) is 20.7. The fourth-order valence-electron chi connectivity index (χ4n) is 4.51. The zero-order valence-corrected chi connectivity index (χ0v) is 16.8. The van der Waals surface area contributed by atoms with Crippen LogP contribution in [0.25, 0.3) is 0 Å². The number of benzene rings is 2. The van der Waals surface area contributed by atoms with Crippen molar-refractivity contribution < 1.29 is 23.1 Å². The second-order valence-corrected chi connectivity index (χ2v) is 8.26. The van der Waals surface area contributed by atoms with Crippen molar-refractivity contribution in [2.24, 2.45) is 0 Å². The van der Waals surface area contributed by atoms with Gasteiger partial charge in [0.25, 0.3) is 0 Å². The number of alkyl halides is 1. The number of hydrogen-bond acceptors (Lipinski definition) is 3. The Hall–Kier alpha value is -2.54. The van der Waals surface area contributed by atoms with Crippen molar-refractivity contribution >= 4 is 5.91 Å². The zero-order valence-electron chi connectivity index (χ0n) is 16.8. The van der Waals surface area contributed by atoms with E-state index in [1.54, 1.807) is 24.0 Å². The number of amides is 1. The van der Waals surface area contributed by atoms with Crippen LogP contribution in [0.15, 0.2) is 36.4 Å². The van der Waals surface area contributed by atoms with Gasteiger partial charge in [-0.2, -0.15) is 0 Å². The number of phenolic OH excluding ortho intramolecular Hbond substituents is 1. The molecule has 0 saturated carbocycles. The zero-order chi connectivity index (χ0) is 21.4. The third kappa shape index (κ3) is 4.03. The van der Waals surface area contributed by atoms with Gasteiger partial charge in [0, 0.05) is 25.6 Å². The molecule has 2 heterocycles. The van der Waals surface area contributed by atoms with E-state index in [1.807, 2.05) is 11.0 Å². The lowest BCUT2D eigenvalue weighted by atomic mass is 9.87. The molecule has 2 fully saturated rings. The first-order chi connectivity index (χ1) is 14.3. The fourth-order valence-corrected chi connectivity index (χ4v) is 4.51. The van der Waals surface area contributed by atoms with Crippen LogP contribution < -0.4 is 0 Å². The van der Waals surface area contributed by atoms with Gasteiger partial charge in [-0.05, 0) is 61.2 Å². The predicted octanol–water partition coefficient (Wildman–Crippen LogP) is 3.91. The van der Waals surface area contributed by atoms with Gasteiger partial charge in [-0.3, -0.25) is 9.69 Å². The molecule has 2 aliphatic heterocycles. The molecule has 1 unspecified atom stereocenters. The number of hydrogen-bond donors (Lipinski definition) is 1. The quantitative estimate of drug-likeness (QED) is 0.819. The number of nitrogens with zero attached hydrogens (tertiary/aromatic N) is 2. The molecular weight excluding hydrogens is 393 g/mol. The van der Waals surface area contributed by atoms with Crippen LogP contribution in [0.2, 0.25) is 0 Å². The number of rotatable bonds is 4. The third-order valence-electron chi connectivity index (χ3n) is 6.29. The molecule has 0 bridgehead atoms. The second kappa shape index (κ2) is 8.30. The molecule has 4 nitrogen and oxygen atoms in total. The molecule has 0 aromatic heterocycles. The van der Waals surface area contributed by atoms with Gasteiger partial charge in [-0.1, -0.05) is 18.2 Å². The van der Waals surface area contributed by atoms with Crippen LogP contribution in [0.1, 0.15) is 35.4 Å². The summed E-state index contributed by atoms with van der Waals surface area (Å²) in [6.45, 7) is 3.24. The van der Waals surface area contributed by atoms with Gasteiger partial charge in [0.2, 0.25) is 5.91 Å². The molecule has 3 atom stereocenters. The number of phenols is 1. The van der Waals surface area contributed by atoms with Crippen LogP contribution in [0.4, 0.5) is 13.2 Å². The maximum Gasteiger partial charge on any atom is 0.240 e. The van der Waals surface area contributed by atoms with E-state index in [-0.39, 0.29) is 24.3 Å². The molecule has 0 aliphatic carbocycles. The van der Waals surface area contributed by atoms with Gasteiger partial charge in [0.15, 0.2) is 11.6 Å². The van der Waals surface area contributed by atoms with Gasteiger partial charge in [0.1, 0.15) is 12.0 Å². The van der Waals surface area contributed by atoms with Crippen LogP contribution in [0.5, 0.6) is 5.75 Å². The summed E-state index contributed by atoms with van der Waals surface area (Å²) in [7, 11) is 0. The van der Waals surface area contributed by atoms with E-state index in [0.717, 1.165) is 5.56 Å². The summed E-state index contributed by atoms with van der Waals surface area (Å²) in [5.74, 6) is -2.01. The molecule has 2 saturated heterocycles. The van der Waals surface area contributed by atoms with E-state index in [0.29, 0.717) is 43.6 Å². The normalized spacial score (nSPS) is 25.1. The minimum atomic E-state index is -1.23. The highest BCUT2D eigenvalue weighted by molar-refractivity contribution is 5.84. The standard InChI is InChI=1S/C23H25F3N2O2/c1-14-2-3-15(10-18(14)24)12-28-9-7-21(23(28)30)27-8-6-17(20(26)13-27)16-4-5-22(29)19(25)11-16/h2-5,10-11,17,20-21,29H,6-9,12-13H2,1H3/t17-,20+,21?/m1/s1. The first-order valence-electron chi connectivity index (χ1n) is 10.2. The smallest absolute Gasteiger partial charge is 0.240 e. The van der Waals surface area contributed by atoms with E-state index in [1.165, 1.54) is 18.2 Å². The topological polar surface area (TPSA) is 43.8 Å². The van der Waals surface area contributed by atoms with Gasteiger partial charge >= 0.3 is 0 Å². The van der Waals surface area contributed by atoms with Crippen molar-refractivity contribution in [1.82, 2.24) is 9.80 Å². The Kier molecular flexibility index (Phi) is 5.73.